The summed E-state index contributed by atoms with van der Waals surface area (Å²) in [5.41, 5.74) is 8.09. The lowest BCUT2D eigenvalue weighted by atomic mass is 9.95. The van der Waals surface area contributed by atoms with Crippen LogP contribution in [0.5, 0.6) is 0 Å². The van der Waals surface area contributed by atoms with Crippen LogP contribution in [0.3, 0.4) is 0 Å². The average Bonchev–Trinajstić information content (AvgIpc) is 3.43. The van der Waals surface area contributed by atoms with Gasteiger partial charge in [-0.15, -0.1) is 0 Å². The number of halogens is 1. The predicted octanol–water partition coefficient (Wildman–Crippen LogP) is 4.13. The maximum atomic E-state index is 14.7. The number of aliphatic carboxylic acids is 1. The van der Waals surface area contributed by atoms with Gasteiger partial charge in [0, 0.05) is 24.1 Å². The molecule has 31 heavy (non-hydrogen) atoms. The Morgan fingerprint density at radius 3 is 2.77 bits per heavy atom. The van der Waals surface area contributed by atoms with E-state index in [0.29, 0.717) is 24.3 Å². The molecule has 1 aliphatic heterocycles. The molecule has 0 spiro atoms. The number of nitrogens with two attached hydrogens (primary N) is 1. The first kappa shape index (κ1) is 20.6. The van der Waals surface area contributed by atoms with Crippen LogP contribution in [-0.2, 0) is 4.79 Å². The molecule has 2 aromatic carbocycles. The maximum absolute atomic E-state index is 14.7. The molecule has 0 amide bonds. The molecule has 4 rings (SSSR count). The van der Waals surface area contributed by atoms with Gasteiger partial charge in [0.2, 0.25) is 0 Å². The zero-order valence-electron chi connectivity index (χ0n) is 17.0. The van der Waals surface area contributed by atoms with Gasteiger partial charge >= 0.3 is 5.97 Å². The average molecular weight is 422 g/mol. The summed E-state index contributed by atoms with van der Waals surface area (Å²) in [7, 11) is 0. The van der Waals surface area contributed by atoms with Crippen LogP contribution in [0.15, 0.2) is 64.1 Å². The monoisotopic (exact) mass is 422 g/mol. The minimum absolute atomic E-state index is 0.0932. The maximum Gasteiger partial charge on any atom is 0.326 e. The SMILES string of the molecule is CC(c1ccc(-c2ccccc2)c(F)c1)c1cc(/N=C(/N)N2CCCC2C(=O)O)no1. The van der Waals surface area contributed by atoms with Crippen molar-refractivity contribution in [2.24, 2.45) is 10.7 Å². The summed E-state index contributed by atoms with van der Waals surface area (Å²) < 4.78 is 20.1. The van der Waals surface area contributed by atoms with Gasteiger partial charge in [0.25, 0.3) is 0 Å². The highest BCUT2D eigenvalue weighted by atomic mass is 19.1. The summed E-state index contributed by atoms with van der Waals surface area (Å²) in [5.74, 6) is -0.644. The highest BCUT2D eigenvalue weighted by molar-refractivity contribution is 5.86. The molecule has 160 valence electrons. The molecule has 7 nitrogen and oxygen atoms in total. The van der Waals surface area contributed by atoms with Gasteiger partial charge in [0.15, 0.2) is 11.8 Å². The van der Waals surface area contributed by atoms with E-state index in [1.165, 1.54) is 6.07 Å². The lowest BCUT2D eigenvalue weighted by Gasteiger charge is -2.21. The van der Waals surface area contributed by atoms with Crippen molar-refractivity contribution in [3.63, 3.8) is 0 Å². The molecule has 1 aromatic heterocycles. The molecule has 2 heterocycles. The number of benzene rings is 2. The van der Waals surface area contributed by atoms with Crippen LogP contribution in [0.25, 0.3) is 11.1 Å². The molecular weight excluding hydrogens is 399 g/mol. The Kier molecular flexibility index (Phi) is 5.70. The second-order valence-corrected chi connectivity index (χ2v) is 7.57. The summed E-state index contributed by atoms with van der Waals surface area (Å²) in [6.45, 7) is 2.41. The number of nitrogens with zero attached hydrogens (tertiary/aromatic N) is 3. The van der Waals surface area contributed by atoms with Crippen molar-refractivity contribution in [1.82, 2.24) is 10.1 Å². The molecule has 1 fully saturated rings. The summed E-state index contributed by atoms with van der Waals surface area (Å²) in [6, 6.07) is 15.4. The van der Waals surface area contributed by atoms with Gasteiger partial charge in [-0.25, -0.2) is 9.18 Å². The van der Waals surface area contributed by atoms with Gasteiger partial charge in [-0.05, 0) is 30.0 Å². The van der Waals surface area contributed by atoms with E-state index >= 15 is 0 Å². The van der Waals surface area contributed by atoms with E-state index in [9.17, 15) is 14.3 Å². The van der Waals surface area contributed by atoms with Crippen molar-refractivity contribution in [2.45, 2.75) is 31.7 Å². The molecule has 2 atom stereocenters. The molecule has 3 aromatic rings. The second-order valence-electron chi connectivity index (χ2n) is 7.57. The number of carboxylic acids is 1. The van der Waals surface area contributed by atoms with E-state index in [2.05, 4.69) is 10.1 Å². The van der Waals surface area contributed by atoms with E-state index in [1.54, 1.807) is 17.0 Å². The van der Waals surface area contributed by atoms with Gasteiger partial charge in [0.1, 0.15) is 17.6 Å². The van der Waals surface area contributed by atoms with Crippen molar-refractivity contribution in [3.05, 3.63) is 71.7 Å². The van der Waals surface area contributed by atoms with Gasteiger partial charge in [0.05, 0.1) is 0 Å². The molecule has 3 N–H and O–H groups in total. The summed E-state index contributed by atoms with van der Waals surface area (Å²) in [4.78, 5) is 17.1. The predicted molar refractivity (Wildman–Crippen MR) is 115 cm³/mol. The largest absolute Gasteiger partial charge is 0.480 e. The van der Waals surface area contributed by atoms with Crippen molar-refractivity contribution < 1.29 is 18.8 Å². The lowest BCUT2D eigenvalue weighted by Crippen LogP contribution is -2.44. The Hall–Kier alpha value is -3.68. The zero-order valence-corrected chi connectivity index (χ0v) is 17.0. The smallest absolute Gasteiger partial charge is 0.326 e. The van der Waals surface area contributed by atoms with Gasteiger partial charge in [-0.2, -0.15) is 4.99 Å². The first-order valence-electron chi connectivity index (χ1n) is 10.1. The van der Waals surface area contributed by atoms with Crippen molar-refractivity contribution >= 4 is 17.7 Å². The first-order valence-corrected chi connectivity index (χ1v) is 10.1. The molecule has 2 unspecified atom stereocenters. The van der Waals surface area contributed by atoms with E-state index in [-0.39, 0.29) is 23.5 Å². The minimum atomic E-state index is -0.925. The number of likely N-dealkylation sites (tertiary alicyclic amines) is 1. The first-order chi connectivity index (χ1) is 14.9. The number of rotatable bonds is 5. The van der Waals surface area contributed by atoms with Crippen LogP contribution >= 0.6 is 0 Å². The molecular formula is C23H23FN4O3. The van der Waals surface area contributed by atoms with Crippen LogP contribution in [-0.4, -0.2) is 39.7 Å². The Labute approximate surface area is 179 Å². The Balaban J connectivity index is 1.52. The highest BCUT2D eigenvalue weighted by Gasteiger charge is 2.32. The standard InChI is InChI=1S/C23H23FN4O3/c1-14(16-9-10-17(18(24)12-16)15-6-3-2-4-7-15)20-13-21(27-31-20)26-23(25)28-11-5-8-19(28)22(29)30/h2-4,6-7,9-10,12-14,19H,5,8,11H2,1H3,(H,29,30)(H2,25,26,27). The fourth-order valence-electron chi connectivity index (χ4n) is 3.83. The summed E-state index contributed by atoms with van der Waals surface area (Å²) in [6.07, 6.45) is 1.26. The van der Waals surface area contributed by atoms with Crippen LogP contribution in [0.1, 0.15) is 37.0 Å². The van der Waals surface area contributed by atoms with Crippen LogP contribution in [0.2, 0.25) is 0 Å². The summed E-state index contributed by atoms with van der Waals surface area (Å²) in [5, 5.41) is 13.2. The van der Waals surface area contributed by atoms with Crippen molar-refractivity contribution in [1.29, 1.82) is 0 Å². The third-order valence-electron chi connectivity index (χ3n) is 5.58. The van der Waals surface area contributed by atoms with Gasteiger partial charge in [-0.1, -0.05) is 54.5 Å². The van der Waals surface area contributed by atoms with Crippen LogP contribution in [0.4, 0.5) is 10.2 Å². The normalized spacial score (nSPS) is 17.7. The molecule has 0 radical (unpaired) electrons. The van der Waals surface area contributed by atoms with Crippen LogP contribution < -0.4 is 5.73 Å². The van der Waals surface area contributed by atoms with E-state index in [4.69, 9.17) is 10.3 Å². The van der Waals surface area contributed by atoms with Crippen molar-refractivity contribution in [3.8, 4) is 11.1 Å². The number of aromatic nitrogens is 1. The molecule has 1 aliphatic rings. The zero-order chi connectivity index (χ0) is 22.0. The highest BCUT2D eigenvalue weighted by Crippen LogP contribution is 2.31. The summed E-state index contributed by atoms with van der Waals surface area (Å²) >= 11 is 0. The van der Waals surface area contributed by atoms with Gasteiger partial charge in [-0.3, -0.25) is 0 Å². The van der Waals surface area contributed by atoms with Gasteiger partial charge < -0.3 is 20.3 Å². The number of aliphatic imine (C=N–C) groups is 1. The number of carbonyl (C=O) groups is 1. The lowest BCUT2D eigenvalue weighted by molar-refractivity contribution is -0.140. The molecule has 0 aliphatic carbocycles. The number of guanidine groups is 1. The topological polar surface area (TPSA) is 105 Å². The second kappa shape index (κ2) is 8.59. The number of hydrogen-bond donors (Lipinski definition) is 2. The molecule has 0 bridgehead atoms. The number of hydrogen-bond acceptors (Lipinski definition) is 4. The van der Waals surface area contributed by atoms with E-state index in [1.807, 2.05) is 43.3 Å². The number of carboxylic acid groups (broad SMARTS) is 1. The van der Waals surface area contributed by atoms with E-state index in [0.717, 1.165) is 17.5 Å². The quantitative estimate of drug-likeness (QED) is 0.473. The fraction of sp³-hybridized carbons (Fsp3) is 0.261. The minimum Gasteiger partial charge on any atom is -0.480 e. The third kappa shape index (κ3) is 4.28. The van der Waals surface area contributed by atoms with E-state index < -0.39 is 12.0 Å². The molecule has 8 heteroatoms. The third-order valence-corrected chi connectivity index (χ3v) is 5.58. The fourth-order valence-corrected chi connectivity index (χ4v) is 3.83. The van der Waals surface area contributed by atoms with Crippen LogP contribution in [0, 0.1) is 5.82 Å². The van der Waals surface area contributed by atoms with Crippen molar-refractivity contribution in [2.75, 3.05) is 6.54 Å². The Morgan fingerprint density at radius 1 is 1.29 bits per heavy atom. The molecule has 0 saturated carbocycles. The Morgan fingerprint density at radius 2 is 2.06 bits per heavy atom. The molecule has 1 saturated heterocycles. The Bertz CT molecular complexity index is 1110.